The van der Waals surface area contributed by atoms with Crippen LogP contribution in [0.2, 0.25) is 0 Å². The molecule has 0 aromatic heterocycles. The minimum absolute atomic E-state index is 0.127. The van der Waals surface area contributed by atoms with Gasteiger partial charge in [-0.1, -0.05) is 6.92 Å². The molecule has 1 N–H and O–H groups in total. The van der Waals surface area contributed by atoms with E-state index in [0.717, 1.165) is 12.8 Å². The fourth-order valence-electron chi connectivity index (χ4n) is 1.75. The summed E-state index contributed by atoms with van der Waals surface area (Å²) in [6.45, 7) is 5.37. The van der Waals surface area contributed by atoms with Crippen LogP contribution in [0.25, 0.3) is 0 Å². The van der Waals surface area contributed by atoms with Gasteiger partial charge in [-0.3, -0.25) is 4.79 Å². The predicted octanol–water partition coefficient (Wildman–Crippen LogP) is 1.37. The van der Waals surface area contributed by atoms with Crippen LogP contribution in [-0.2, 0) is 4.79 Å². The van der Waals surface area contributed by atoms with E-state index in [-0.39, 0.29) is 17.6 Å². The van der Waals surface area contributed by atoms with Gasteiger partial charge in [-0.2, -0.15) is 0 Å². The average Bonchev–Trinajstić information content (AvgIpc) is 2.11. The SMILES string of the molecule is CC1CCC(C(C)(C)O)C1=O. The number of carbonyl (C=O) groups excluding carboxylic acids is 1. The molecule has 0 radical (unpaired) electrons. The Bertz CT molecular complexity index is 167. The van der Waals surface area contributed by atoms with Crippen LogP contribution in [0.5, 0.6) is 0 Å². The first-order chi connectivity index (χ1) is 4.93. The third-order valence-electron chi connectivity index (χ3n) is 2.57. The second-order valence-corrected chi connectivity index (χ2v) is 4.09. The summed E-state index contributed by atoms with van der Waals surface area (Å²) in [6.07, 6.45) is 1.79. The molecule has 0 bridgehead atoms. The highest BCUT2D eigenvalue weighted by atomic mass is 16.3. The Balaban J connectivity index is 2.70. The summed E-state index contributed by atoms with van der Waals surface area (Å²) in [5.74, 6) is 0.265. The Kier molecular flexibility index (Phi) is 2.06. The van der Waals surface area contributed by atoms with E-state index in [1.807, 2.05) is 6.92 Å². The molecule has 0 saturated heterocycles. The molecular formula is C9H16O2. The fourth-order valence-corrected chi connectivity index (χ4v) is 1.75. The number of hydrogen-bond donors (Lipinski definition) is 1. The average molecular weight is 156 g/mol. The molecular weight excluding hydrogens is 140 g/mol. The molecule has 2 heteroatoms. The molecule has 1 aliphatic rings. The van der Waals surface area contributed by atoms with Crippen molar-refractivity contribution in [2.45, 2.75) is 39.2 Å². The Morgan fingerprint density at radius 3 is 2.18 bits per heavy atom. The standard InChI is InChI=1S/C9H16O2/c1-6-4-5-7(8(6)10)9(2,3)11/h6-7,11H,4-5H2,1-3H3. The highest BCUT2D eigenvalue weighted by Crippen LogP contribution is 2.34. The van der Waals surface area contributed by atoms with Crippen LogP contribution in [0.4, 0.5) is 0 Å². The lowest BCUT2D eigenvalue weighted by Crippen LogP contribution is -2.34. The van der Waals surface area contributed by atoms with Crippen molar-refractivity contribution in [1.29, 1.82) is 0 Å². The number of ketones is 1. The zero-order valence-corrected chi connectivity index (χ0v) is 7.42. The summed E-state index contributed by atoms with van der Waals surface area (Å²) >= 11 is 0. The number of carbonyl (C=O) groups is 1. The van der Waals surface area contributed by atoms with Crippen molar-refractivity contribution in [1.82, 2.24) is 0 Å². The van der Waals surface area contributed by atoms with Crippen molar-refractivity contribution in [3.05, 3.63) is 0 Å². The Labute approximate surface area is 67.6 Å². The van der Waals surface area contributed by atoms with Gasteiger partial charge < -0.3 is 5.11 Å². The Morgan fingerprint density at radius 1 is 1.45 bits per heavy atom. The number of Topliss-reactive ketones (excluding diaryl/α,β-unsaturated/α-hetero) is 1. The Morgan fingerprint density at radius 2 is 2.00 bits per heavy atom. The van der Waals surface area contributed by atoms with E-state index in [1.165, 1.54) is 0 Å². The summed E-state index contributed by atoms with van der Waals surface area (Å²) in [6, 6.07) is 0. The topological polar surface area (TPSA) is 37.3 Å². The molecule has 0 aromatic rings. The second kappa shape index (κ2) is 2.59. The first-order valence-electron chi connectivity index (χ1n) is 4.19. The lowest BCUT2D eigenvalue weighted by Gasteiger charge is -2.23. The second-order valence-electron chi connectivity index (χ2n) is 4.09. The summed E-state index contributed by atoms with van der Waals surface area (Å²) in [5.41, 5.74) is -0.818. The van der Waals surface area contributed by atoms with Gasteiger partial charge in [0, 0.05) is 11.8 Å². The zero-order valence-electron chi connectivity index (χ0n) is 7.42. The smallest absolute Gasteiger partial charge is 0.141 e. The molecule has 2 atom stereocenters. The van der Waals surface area contributed by atoms with E-state index in [9.17, 15) is 9.90 Å². The van der Waals surface area contributed by atoms with E-state index >= 15 is 0 Å². The molecule has 2 unspecified atom stereocenters. The molecule has 11 heavy (non-hydrogen) atoms. The highest BCUT2D eigenvalue weighted by Gasteiger charge is 2.39. The zero-order chi connectivity index (χ0) is 8.65. The first-order valence-corrected chi connectivity index (χ1v) is 4.19. The van der Waals surface area contributed by atoms with Gasteiger partial charge in [-0.25, -0.2) is 0 Å². The molecule has 0 heterocycles. The molecule has 1 rings (SSSR count). The van der Waals surface area contributed by atoms with Gasteiger partial charge in [0.2, 0.25) is 0 Å². The quantitative estimate of drug-likeness (QED) is 0.622. The van der Waals surface area contributed by atoms with Gasteiger partial charge in [-0.05, 0) is 26.7 Å². The first kappa shape index (κ1) is 8.72. The molecule has 0 amide bonds. The van der Waals surface area contributed by atoms with Gasteiger partial charge in [0.25, 0.3) is 0 Å². The highest BCUT2D eigenvalue weighted by molar-refractivity contribution is 5.86. The molecule has 2 nitrogen and oxygen atoms in total. The third-order valence-corrected chi connectivity index (χ3v) is 2.57. The van der Waals surface area contributed by atoms with Gasteiger partial charge in [0.15, 0.2) is 0 Å². The molecule has 64 valence electrons. The maximum Gasteiger partial charge on any atom is 0.141 e. The van der Waals surface area contributed by atoms with Crippen LogP contribution in [0.15, 0.2) is 0 Å². The van der Waals surface area contributed by atoms with Gasteiger partial charge >= 0.3 is 0 Å². The maximum atomic E-state index is 11.4. The minimum atomic E-state index is -0.818. The van der Waals surface area contributed by atoms with Crippen LogP contribution in [0.3, 0.4) is 0 Å². The molecule has 0 spiro atoms. The van der Waals surface area contributed by atoms with E-state index in [4.69, 9.17) is 0 Å². The minimum Gasteiger partial charge on any atom is -0.390 e. The van der Waals surface area contributed by atoms with Crippen LogP contribution >= 0.6 is 0 Å². The third kappa shape index (κ3) is 1.62. The number of aliphatic hydroxyl groups is 1. The van der Waals surface area contributed by atoms with Gasteiger partial charge in [0.1, 0.15) is 5.78 Å². The predicted molar refractivity (Wildman–Crippen MR) is 43.2 cm³/mol. The summed E-state index contributed by atoms with van der Waals surface area (Å²) in [7, 11) is 0. The maximum absolute atomic E-state index is 11.4. The summed E-state index contributed by atoms with van der Waals surface area (Å²) in [4.78, 5) is 11.4. The van der Waals surface area contributed by atoms with Crippen LogP contribution in [-0.4, -0.2) is 16.5 Å². The largest absolute Gasteiger partial charge is 0.390 e. The molecule has 1 aliphatic carbocycles. The van der Waals surface area contributed by atoms with Crippen molar-refractivity contribution in [3.8, 4) is 0 Å². The Hall–Kier alpha value is -0.370. The number of rotatable bonds is 1. The van der Waals surface area contributed by atoms with Crippen molar-refractivity contribution in [2.75, 3.05) is 0 Å². The van der Waals surface area contributed by atoms with Crippen LogP contribution < -0.4 is 0 Å². The van der Waals surface area contributed by atoms with E-state index in [0.29, 0.717) is 0 Å². The lowest BCUT2D eigenvalue weighted by molar-refractivity contribution is -0.129. The number of hydrogen-bond acceptors (Lipinski definition) is 2. The van der Waals surface area contributed by atoms with Gasteiger partial charge in [0.05, 0.1) is 5.60 Å². The van der Waals surface area contributed by atoms with E-state index in [1.54, 1.807) is 13.8 Å². The van der Waals surface area contributed by atoms with Crippen LogP contribution in [0, 0.1) is 11.8 Å². The molecule has 0 aromatic carbocycles. The van der Waals surface area contributed by atoms with E-state index < -0.39 is 5.60 Å². The lowest BCUT2D eigenvalue weighted by atomic mass is 9.88. The summed E-state index contributed by atoms with van der Waals surface area (Å²) in [5, 5.41) is 9.58. The molecule has 1 saturated carbocycles. The van der Waals surface area contributed by atoms with Gasteiger partial charge in [-0.15, -0.1) is 0 Å². The summed E-state index contributed by atoms with van der Waals surface area (Å²) < 4.78 is 0. The normalized spacial score (nSPS) is 32.9. The van der Waals surface area contributed by atoms with Crippen molar-refractivity contribution in [2.24, 2.45) is 11.8 Å². The van der Waals surface area contributed by atoms with Crippen LogP contribution in [0.1, 0.15) is 33.6 Å². The molecule has 1 fully saturated rings. The molecule has 0 aliphatic heterocycles. The van der Waals surface area contributed by atoms with E-state index in [2.05, 4.69) is 0 Å². The van der Waals surface area contributed by atoms with Crippen molar-refractivity contribution < 1.29 is 9.90 Å². The fraction of sp³-hybridized carbons (Fsp3) is 0.889. The van der Waals surface area contributed by atoms with Crippen molar-refractivity contribution >= 4 is 5.78 Å². The van der Waals surface area contributed by atoms with Crippen molar-refractivity contribution in [3.63, 3.8) is 0 Å². The monoisotopic (exact) mass is 156 g/mol.